The van der Waals surface area contributed by atoms with Gasteiger partial charge in [0.1, 0.15) is 10.3 Å². The van der Waals surface area contributed by atoms with Crippen LogP contribution in [0.1, 0.15) is 10.8 Å². The third-order valence-corrected chi connectivity index (χ3v) is 5.14. The molecule has 3 rings (SSSR count). The highest BCUT2D eigenvalue weighted by Gasteiger charge is 2.23. The lowest BCUT2D eigenvalue weighted by atomic mass is 10.1. The van der Waals surface area contributed by atoms with Gasteiger partial charge < -0.3 is 5.32 Å². The van der Waals surface area contributed by atoms with Crippen LogP contribution in [0.4, 0.5) is 5.69 Å². The molecule has 1 heterocycles. The minimum Gasteiger partial charge on any atom is -0.325 e. The van der Waals surface area contributed by atoms with E-state index in [2.05, 4.69) is 15.5 Å². The van der Waals surface area contributed by atoms with Crippen molar-refractivity contribution >= 4 is 58.2 Å². The maximum absolute atomic E-state index is 12.9. The van der Waals surface area contributed by atoms with E-state index in [1.54, 1.807) is 30.3 Å². The minimum atomic E-state index is -0.538. The number of benzene rings is 2. The summed E-state index contributed by atoms with van der Waals surface area (Å²) in [5.74, 6) is -0.226. The van der Waals surface area contributed by atoms with E-state index >= 15 is 0 Å². The number of amides is 1. The zero-order valence-electron chi connectivity index (χ0n) is 13.2. The van der Waals surface area contributed by atoms with Crippen molar-refractivity contribution in [1.82, 2.24) is 10.2 Å². The molecule has 0 aliphatic heterocycles. The number of halogens is 3. The summed E-state index contributed by atoms with van der Waals surface area (Å²) in [6.07, 6.45) is 0. The van der Waals surface area contributed by atoms with Gasteiger partial charge in [0.25, 0.3) is 0 Å². The molecule has 2 aromatic carbocycles. The summed E-state index contributed by atoms with van der Waals surface area (Å²) in [5, 5.41) is 11.9. The second-order valence-corrected chi connectivity index (χ2v) is 7.64. The third-order valence-electron chi connectivity index (χ3n) is 3.32. The molecular weight excluding hydrogens is 413 g/mol. The molecule has 26 heavy (non-hydrogen) atoms. The lowest BCUT2D eigenvalue weighted by Crippen LogP contribution is -2.19. The topological polar surface area (TPSA) is 54.9 Å². The van der Waals surface area contributed by atoms with Gasteiger partial charge in [-0.2, -0.15) is 0 Å². The van der Waals surface area contributed by atoms with Crippen LogP contribution in [-0.4, -0.2) is 16.1 Å². The average Bonchev–Trinajstić information content (AvgIpc) is 2.61. The molecule has 1 unspecified atom stereocenters. The maximum Gasteiger partial charge on any atom is 0.242 e. The number of hydrogen-bond donors (Lipinski definition) is 1. The Balaban J connectivity index is 1.87. The minimum absolute atomic E-state index is 0.226. The highest BCUT2D eigenvalue weighted by Crippen LogP contribution is 2.35. The van der Waals surface area contributed by atoms with Crippen LogP contribution in [0, 0.1) is 0 Å². The van der Waals surface area contributed by atoms with Gasteiger partial charge in [0.05, 0.1) is 0 Å². The molecule has 8 heteroatoms. The predicted molar refractivity (Wildman–Crippen MR) is 107 cm³/mol. The smallest absolute Gasteiger partial charge is 0.242 e. The van der Waals surface area contributed by atoms with Crippen molar-refractivity contribution < 1.29 is 4.79 Å². The molecule has 3 aromatic rings. The van der Waals surface area contributed by atoms with Crippen molar-refractivity contribution in [2.75, 3.05) is 5.32 Å². The summed E-state index contributed by atoms with van der Waals surface area (Å²) in [4.78, 5) is 12.9. The van der Waals surface area contributed by atoms with Crippen molar-refractivity contribution in [3.05, 3.63) is 81.4 Å². The van der Waals surface area contributed by atoms with Crippen LogP contribution in [0.5, 0.6) is 0 Å². The Morgan fingerprint density at radius 1 is 0.923 bits per heavy atom. The molecule has 0 fully saturated rings. The molecule has 0 saturated heterocycles. The lowest BCUT2D eigenvalue weighted by Gasteiger charge is -2.16. The van der Waals surface area contributed by atoms with Crippen LogP contribution >= 0.6 is 46.6 Å². The Morgan fingerprint density at radius 3 is 2.23 bits per heavy atom. The first-order valence-corrected chi connectivity index (χ1v) is 9.50. The summed E-state index contributed by atoms with van der Waals surface area (Å²) in [7, 11) is 0. The molecule has 0 aliphatic rings. The summed E-state index contributed by atoms with van der Waals surface area (Å²) in [6.45, 7) is 0. The number of rotatable bonds is 5. The predicted octanol–water partition coefficient (Wildman–Crippen LogP) is 5.91. The van der Waals surface area contributed by atoms with Gasteiger partial charge in [0.15, 0.2) is 5.15 Å². The van der Waals surface area contributed by atoms with E-state index in [1.807, 2.05) is 30.3 Å². The second kappa shape index (κ2) is 8.73. The van der Waals surface area contributed by atoms with Gasteiger partial charge in [-0.05, 0) is 35.9 Å². The molecule has 132 valence electrons. The zero-order valence-corrected chi connectivity index (χ0v) is 16.3. The van der Waals surface area contributed by atoms with Crippen molar-refractivity contribution in [2.24, 2.45) is 0 Å². The van der Waals surface area contributed by atoms with Gasteiger partial charge in [-0.15, -0.1) is 10.2 Å². The summed E-state index contributed by atoms with van der Waals surface area (Å²) in [6, 6.07) is 17.6. The van der Waals surface area contributed by atoms with Crippen molar-refractivity contribution in [1.29, 1.82) is 0 Å². The van der Waals surface area contributed by atoms with E-state index in [-0.39, 0.29) is 5.91 Å². The highest BCUT2D eigenvalue weighted by molar-refractivity contribution is 8.00. The number of aromatic nitrogens is 2. The monoisotopic (exact) mass is 423 g/mol. The van der Waals surface area contributed by atoms with Crippen LogP contribution in [0.25, 0.3) is 0 Å². The lowest BCUT2D eigenvalue weighted by molar-refractivity contribution is -0.115. The summed E-state index contributed by atoms with van der Waals surface area (Å²) < 4.78 is 0. The molecule has 1 aromatic heterocycles. The van der Waals surface area contributed by atoms with E-state index in [0.29, 0.717) is 25.9 Å². The number of nitrogens with zero attached hydrogens (tertiary/aromatic N) is 2. The fourth-order valence-electron chi connectivity index (χ4n) is 2.22. The first kappa shape index (κ1) is 19.0. The maximum atomic E-state index is 12.9. The van der Waals surface area contributed by atoms with E-state index < -0.39 is 5.25 Å². The second-order valence-electron chi connectivity index (χ2n) is 5.25. The van der Waals surface area contributed by atoms with Crippen LogP contribution in [0.3, 0.4) is 0 Å². The number of carbonyl (C=O) groups is 1. The van der Waals surface area contributed by atoms with Crippen molar-refractivity contribution in [2.45, 2.75) is 10.3 Å². The molecule has 0 aliphatic carbocycles. The van der Waals surface area contributed by atoms with E-state index in [4.69, 9.17) is 34.8 Å². The molecule has 0 saturated carbocycles. The molecule has 1 atom stereocenters. The number of hydrogen-bond acceptors (Lipinski definition) is 4. The fourth-order valence-corrected chi connectivity index (χ4v) is 3.78. The molecular formula is C18H12Cl3N3OS. The average molecular weight is 425 g/mol. The van der Waals surface area contributed by atoms with Crippen molar-refractivity contribution in [3.63, 3.8) is 0 Å². The van der Waals surface area contributed by atoms with Gasteiger partial charge in [0.2, 0.25) is 5.91 Å². The number of carbonyl (C=O) groups excluding carboxylic acids is 1. The van der Waals surface area contributed by atoms with Gasteiger partial charge in [0, 0.05) is 15.7 Å². The summed E-state index contributed by atoms with van der Waals surface area (Å²) in [5.41, 5.74) is 1.36. The number of thioether (sulfide) groups is 1. The van der Waals surface area contributed by atoms with Crippen molar-refractivity contribution in [3.8, 4) is 0 Å². The van der Waals surface area contributed by atoms with Crippen LogP contribution in [0.15, 0.2) is 65.7 Å². The van der Waals surface area contributed by atoms with Crippen LogP contribution < -0.4 is 5.32 Å². The van der Waals surface area contributed by atoms with Crippen LogP contribution in [0.2, 0.25) is 15.2 Å². The first-order chi connectivity index (χ1) is 12.5. The fraction of sp³-hybridized carbons (Fsp3) is 0.0556. The molecule has 0 radical (unpaired) electrons. The summed E-state index contributed by atoms with van der Waals surface area (Å²) >= 11 is 19.1. The van der Waals surface area contributed by atoms with Gasteiger partial charge in [-0.1, -0.05) is 76.9 Å². The number of nitrogens with one attached hydrogen (secondary N) is 1. The largest absolute Gasteiger partial charge is 0.325 e. The Kier molecular flexibility index (Phi) is 6.38. The van der Waals surface area contributed by atoms with Gasteiger partial charge >= 0.3 is 0 Å². The standard InChI is InChI=1S/C18H12Cl3N3OS/c19-12-8-13(20)10-14(9-12)22-18(25)17(11-4-2-1-3-5-11)26-16-7-6-15(21)23-24-16/h1-10,17H,(H,22,25). The molecule has 0 bridgehead atoms. The Morgan fingerprint density at radius 2 is 1.62 bits per heavy atom. The zero-order chi connectivity index (χ0) is 18.5. The van der Waals surface area contributed by atoms with E-state index in [0.717, 1.165) is 5.56 Å². The SMILES string of the molecule is O=C(Nc1cc(Cl)cc(Cl)c1)C(Sc1ccc(Cl)nn1)c1ccccc1. The first-order valence-electron chi connectivity index (χ1n) is 7.49. The molecule has 4 nitrogen and oxygen atoms in total. The Bertz CT molecular complexity index is 887. The highest BCUT2D eigenvalue weighted by atomic mass is 35.5. The Hall–Kier alpha value is -1.79. The van der Waals surface area contributed by atoms with Gasteiger partial charge in [-0.3, -0.25) is 4.79 Å². The van der Waals surface area contributed by atoms with E-state index in [9.17, 15) is 4.79 Å². The Labute approximate surface area is 169 Å². The van der Waals surface area contributed by atoms with E-state index in [1.165, 1.54) is 11.8 Å². The quantitative estimate of drug-likeness (QED) is 0.517. The van der Waals surface area contributed by atoms with Crippen LogP contribution in [-0.2, 0) is 4.79 Å². The number of anilines is 1. The third kappa shape index (κ3) is 5.11. The van der Waals surface area contributed by atoms with Gasteiger partial charge in [-0.25, -0.2) is 0 Å². The molecule has 1 N–H and O–H groups in total. The molecule has 0 spiro atoms. The normalized spacial score (nSPS) is 11.8. The molecule has 1 amide bonds.